The first kappa shape index (κ1) is 19.8. The molecule has 7 atom stereocenters. The van der Waals surface area contributed by atoms with Gasteiger partial charge < -0.3 is 22.1 Å². The van der Waals surface area contributed by atoms with Crippen LogP contribution in [0.25, 0.3) is 0 Å². The molecule has 9 nitrogen and oxygen atoms in total. The van der Waals surface area contributed by atoms with E-state index < -0.39 is 6.17 Å². The summed E-state index contributed by atoms with van der Waals surface area (Å²) in [6, 6.07) is 0.637. The summed E-state index contributed by atoms with van der Waals surface area (Å²) in [6.45, 7) is 5.09. The lowest BCUT2D eigenvalue weighted by atomic mass is 9.94. The van der Waals surface area contributed by atoms with Crippen molar-refractivity contribution in [2.45, 2.75) is 55.1 Å². The number of hydrogen-bond acceptors (Lipinski definition) is 8. The molecule has 0 aromatic rings. The Bertz CT molecular complexity index is 539. The van der Waals surface area contributed by atoms with Gasteiger partial charge in [-0.05, 0) is 32.4 Å². The van der Waals surface area contributed by atoms with Crippen LogP contribution in [0, 0.1) is 5.92 Å². The predicted molar refractivity (Wildman–Crippen MR) is 105 cm³/mol. The largest absolute Gasteiger partial charge is 0.350 e. The van der Waals surface area contributed by atoms with Gasteiger partial charge in [0.25, 0.3) is 0 Å². The first-order chi connectivity index (χ1) is 13.0. The summed E-state index contributed by atoms with van der Waals surface area (Å²) >= 11 is 6.22. The van der Waals surface area contributed by atoms with Gasteiger partial charge in [-0.25, -0.2) is 10.4 Å². The number of nitrogens with zero attached hydrogens (tertiary/aromatic N) is 2. The number of nitrogens with two attached hydrogens (primary N) is 2. The average Bonchev–Trinajstić information content (AvgIpc) is 2.97. The molecule has 8 N–H and O–H groups in total. The minimum absolute atomic E-state index is 0.00281. The van der Waals surface area contributed by atoms with Gasteiger partial charge in [0, 0.05) is 38.3 Å². The molecule has 0 saturated carbocycles. The molecule has 4 saturated heterocycles. The molecule has 7 unspecified atom stereocenters. The van der Waals surface area contributed by atoms with Gasteiger partial charge in [-0.15, -0.1) is 11.6 Å². The van der Waals surface area contributed by atoms with Crippen molar-refractivity contribution in [3.8, 4) is 0 Å². The van der Waals surface area contributed by atoms with Crippen LogP contribution in [-0.2, 0) is 4.79 Å². The van der Waals surface area contributed by atoms with Crippen molar-refractivity contribution in [3.05, 3.63) is 0 Å². The van der Waals surface area contributed by atoms with Crippen molar-refractivity contribution < 1.29 is 4.79 Å². The lowest BCUT2D eigenvalue weighted by molar-refractivity contribution is -0.128. The third-order valence-electron chi connectivity index (χ3n) is 6.36. The quantitative estimate of drug-likeness (QED) is 0.288. The highest BCUT2D eigenvalue weighted by atomic mass is 35.5. The fourth-order valence-corrected chi connectivity index (χ4v) is 5.27. The fourth-order valence-electron chi connectivity index (χ4n) is 5.03. The lowest BCUT2D eigenvalue weighted by Crippen LogP contribution is -2.64. The van der Waals surface area contributed by atoms with Crippen molar-refractivity contribution in [2.75, 3.05) is 39.3 Å². The minimum Gasteiger partial charge on any atom is -0.350 e. The average molecular weight is 401 g/mol. The highest BCUT2D eigenvalue weighted by Gasteiger charge is 2.47. The van der Waals surface area contributed by atoms with Crippen LogP contribution in [0.3, 0.4) is 0 Å². The van der Waals surface area contributed by atoms with Gasteiger partial charge in [0.05, 0.1) is 29.7 Å². The molecule has 10 heteroatoms. The van der Waals surface area contributed by atoms with E-state index in [2.05, 4.69) is 26.3 Å². The van der Waals surface area contributed by atoms with E-state index in [1.807, 2.05) is 5.01 Å². The SMILES string of the molecule is NC1CCCN(C2CCNCC2NC(=O)C2C(N)NN3CC(Cl)CNC23)C1. The molecule has 4 rings (SSSR count). The van der Waals surface area contributed by atoms with E-state index in [0.717, 1.165) is 45.4 Å². The molecule has 0 aromatic heterocycles. The van der Waals surface area contributed by atoms with E-state index >= 15 is 0 Å². The summed E-state index contributed by atoms with van der Waals surface area (Å²) in [5.41, 5.74) is 15.6. The summed E-state index contributed by atoms with van der Waals surface area (Å²) < 4.78 is 0. The summed E-state index contributed by atoms with van der Waals surface area (Å²) in [5, 5.41) is 12.1. The third kappa shape index (κ3) is 4.25. The van der Waals surface area contributed by atoms with Gasteiger partial charge in [0.2, 0.25) is 5.91 Å². The Labute approximate surface area is 165 Å². The summed E-state index contributed by atoms with van der Waals surface area (Å²) in [4.78, 5) is 15.6. The molecule has 4 aliphatic heterocycles. The van der Waals surface area contributed by atoms with Crippen molar-refractivity contribution >= 4 is 17.5 Å². The zero-order valence-electron chi connectivity index (χ0n) is 15.7. The number of piperidine rings is 2. The number of carbonyl (C=O) groups is 1. The number of likely N-dealkylation sites (tertiary alicyclic amines) is 1. The van der Waals surface area contributed by atoms with Gasteiger partial charge in [0.1, 0.15) is 0 Å². The van der Waals surface area contributed by atoms with Gasteiger partial charge in [-0.3, -0.25) is 15.0 Å². The normalized spacial score (nSPS) is 44.0. The second kappa shape index (κ2) is 8.46. The number of rotatable bonds is 3. The molecule has 27 heavy (non-hydrogen) atoms. The number of fused-ring (bicyclic) bond motifs is 1. The molecular formula is C17H33ClN8O. The summed E-state index contributed by atoms with van der Waals surface area (Å²) in [6.07, 6.45) is 2.71. The van der Waals surface area contributed by atoms with Gasteiger partial charge in [-0.1, -0.05) is 0 Å². The lowest BCUT2D eigenvalue weighted by Gasteiger charge is -2.44. The molecule has 0 spiro atoms. The van der Waals surface area contributed by atoms with E-state index in [1.54, 1.807) is 0 Å². The highest BCUT2D eigenvalue weighted by molar-refractivity contribution is 6.21. The van der Waals surface area contributed by atoms with Crippen LogP contribution in [0.5, 0.6) is 0 Å². The highest BCUT2D eigenvalue weighted by Crippen LogP contribution is 2.24. The molecule has 4 aliphatic rings. The first-order valence-electron chi connectivity index (χ1n) is 10.2. The Morgan fingerprint density at radius 3 is 2.85 bits per heavy atom. The molecule has 0 aliphatic carbocycles. The van der Waals surface area contributed by atoms with E-state index in [1.165, 1.54) is 0 Å². The third-order valence-corrected chi connectivity index (χ3v) is 6.65. The Morgan fingerprint density at radius 2 is 2.04 bits per heavy atom. The molecule has 0 aromatic carbocycles. The molecule has 1 amide bonds. The maximum atomic E-state index is 13.2. The molecule has 0 bridgehead atoms. The molecule has 4 fully saturated rings. The van der Waals surface area contributed by atoms with Crippen LogP contribution in [0.4, 0.5) is 0 Å². The number of hydrogen-bond donors (Lipinski definition) is 6. The van der Waals surface area contributed by atoms with Crippen LogP contribution in [-0.4, -0.2) is 90.9 Å². The monoisotopic (exact) mass is 400 g/mol. The van der Waals surface area contributed by atoms with Crippen LogP contribution >= 0.6 is 11.6 Å². The van der Waals surface area contributed by atoms with Crippen LogP contribution in [0.2, 0.25) is 0 Å². The van der Waals surface area contributed by atoms with Gasteiger partial charge in [0.15, 0.2) is 0 Å². The Kier molecular flexibility index (Phi) is 6.20. The topological polar surface area (TPSA) is 124 Å². The number of nitrogens with one attached hydrogen (secondary N) is 4. The molecule has 0 radical (unpaired) electrons. The first-order valence-corrected chi connectivity index (χ1v) is 10.6. The van der Waals surface area contributed by atoms with Crippen molar-refractivity contribution in [3.63, 3.8) is 0 Å². The number of amides is 1. The number of hydrazine groups is 1. The van der Waals surface area contributed by atoms with Crippen molar-refractivity contribution in [1.82, 2.24) is 31.3 Å². The zero-order valence-corrected chi connectivity index (χ0v) is 16.5. The molecule has 4 heterocycles. The Balaban J connectivity index is 1.41. The number of halogens is 1. The van der Waals surface area contributed by atoms with Gasteiger partial charge in [-0.2, -0.15) is 0 Å². The fraction of sp³-hybridized carbons (Fsp3) is 0.941. The molecular weight excluding hydrogens is 368 g/mol. The maximum Gasteiger partial charge on any atom is 0.229 e. The second-order valence-electron chi connectivity index (χ2n) is 8.36. The Morgan fingerprint density at radius 1 is 1.19 bits per heavy atom. The standard InChI is InChI=1S/C17H33ClN8O/c18-10-6-22-16-14(15(20)24-26(16)8-10)17(27)23-12-7-21-4-3-13(12)25-5-1-2-11(19)9-25/h10-16,21-22,24H,1-9,19-20H2,(H,23,27). The van der Waals surface area contributed by atoms with E-state index in [4.69, 9.17) is 23.1 Å². The zero-order chi connectivity index (χ0) is 19.0. The van der Waals surface area contributed by atoms with E-state index in [-0.39, 0.29) is 35.5 Å². The van der Waals surface area contributed by atoms with Crippen LogP contribution in [0.15, 0.2) is 0 Å². The van der Waals surface area contributed by atoms with Crippen molar-refractivity contribution in [2.24, 2.45) is 17.4 Å². The van der Waals surface area contributed by atoms with Crippen molar-refractivity contribution in [1.29, 1.82) is 0 Å². The van der Waals surface area contributed by atoms with E-state index in [9.17, 15) is 4.79 Å². The van der Waals surface area contributed by atoms with Crippen LogP contribution < -0.4 is 32.8 Å². The summed E-state index contributed by atoms with van der Waals surface area (Å²) in [5.74, 6) is -0.344. The van der Waals surface area contributed by atoms with E-state index in [0.29, 0.717) is 19.1 Å². The minimum atomic E-state index is -0.414. The Hall–Kier alpha value is -0.520. The maximum absolute atomic E-state index is 13.2. The van der Waals surface area contributed by atoms with Crippen LogP contribution in [0.1, 0.15) is 19.3 Å². The van der Waals surface area contributed by atoms with Gasteiger partial charge >= 0.3 is 0 Å². The smallest absolute Gasteiger partial charge is 0.229 e. The number of alkyl halides is 1. The second-order valence-corrected chi connectivity index (χ2v) is 8.97. The number of carbonyl (C=O) groups excluding carboxylic acids is 1. The summed E-state index contributed by atoms with van der Waals surface area (Å²) in [7, 11) is 0. The predicted octanol–water partition coefficient (Wildman–Crippen LogP) is -2.49. The molecule has 154 valence electrons.